The zero-order chi connectivity index (χ0) is 14.7. The van der Waals surface area contributed by atoms with Crippen LogP contribution in [-0.4, -0.2) is 54.5 Å². The predicted molar refractivity (Wildman–Crippen MR) is 66.0 cm³/mol. The van der Waals surface area contributed by atoms with Crippen LogP contribution in [0.15, 0.2) is 10.2 Å². The maximum Gasteiger partial charge on any atom is 0.163 e. The molecule has 2 N–H and O–H groups in total. The first-order chi connectivity index (χ1) is 8.95. The van der Waals surface area contributed by atoms with E-state index < -0.39 is 11.9 Å². The lowest BCUT2D eigenvalue weighted by Gasteiger charge is -2.15. The second-order valence-electron chi connectivity index (χ2n) is 4.11. The maximum absolute atomic E-state index is 8.47. The molecule has 0 aromatic heterocycles. The fraction of sp³-hybridized carbons (Fsp3) is 1.00. The average Bonchev–Trinajstić information content (AvgIpc) is 2.73. The molecule has 0 radical (unpaired) electrons. The van der Waals surface area contributed by atoms with E-state index in [1.165, 1.54) is 0 Å². The van der Waals surface area contributed by atoms with Crippen LogP contribution in [0.2, 0.25) is 0 Å². The number of hydrogen-bond acceptors (Lipinski definition) is 6. The fourth-order valence-electron chi connectivity index (χ4n) is 1.17. The molecule has 1 fully saturated rings. The van der Waals surface area contributed by atoms with Gasteiger partial charge in [-0.25, -0.2) is 0 Å². The van der Waals surface area contributed by atoms with Crippen molar-refractivity contribution in [3.8, 4) is 0 Å². The van der Waals surface area contributed by atoms with Crippen molar-refractivity contribution in [2.45, 2.75) is 31.8 Å². The topological polar surface area (TPSA) is 156 Å². The third-order valence-electron chi connectivity index (χ3n) is 1.98. The van der Waals surface area contributed by atoms with Crippen LogP contribution in [0.1, 0.15) is 13.8 Å². The maximum atomic E-state index is 8.47. The molecule has 1 rings (SSSR count). The molecule has 1 aliphatic heterocycles. The molecule has 0 aromatic carbocycles. The van der Waals surface area contributed by atoms with Gasteiger partial charge in [0, 0.05) is 9.82 Å². The number of nitrogens with zero attached hydrogens (tertiary/aromatic N) is 6. The monoisotopic (exact) mass is 274 g/mol. The largest absolute Gasteiger partial charge is 0.394 e. The van der Waals surface area contributed by atoms with E-state index >= 15 is 0 Å². The Balaban J connectivity index is 0.000000362. The first kappa shape index (κ1) is 17.5. The lowest BCUT2D eigenvalue weighted by Crippen LogP contribution is -2.22. The van der Waals surface area contributed by atoms with E-state index in [0.717, 1.165) is 0 Å². The number of aliphatic hydroxyl groups is 2. The Morgan fingerprint density at radius 2 is 2.00 bits per heavy atom. The summed E-state index contributed by atoms with van der Waals surface area (Å²) in [6, 6.07) is 0. The Labute approximate surface area is 110 Å². The smallest absolute Gasteiger partial charge is 0.163 e. The molecule has 108 valence electrons. The molecular formula is C9H18N6O4. The Morgan fingerprint density at radius 3 is 2.42 bits per heavy atom. The molecule has 10 heteroatoms. The van der Waals surface area contributed by atoms with Gasteiger partial charge in [0.2, 0.25) is 0 Å². The van der Waals surface area contributed by atoms with Crippen LogP contribution >= 0.6 is 0 Å². The highest BCUT2D eigenvalue weighted by molar-refractivity contribution is 4.72. The van der Waals surface area contributed by atoms with Crippen molar-refractivity contribution in [2.24, 2.45) is 10.2 Å². The van der Waals surface area contributed by atoms with E-state index in [1.54, 1.807) is 0 Å². The third kappa shape index (κ3) is 9.09. The van der Waals surface area contributed by atoms with Crippen molar-refractivity contribution < 1.29 is 19.7 Å². The third-order valence-corrected chi connectivity index (χ3v) is 1.98. The summed E-state index contributed by atoms with van der Waals surface area (Å²) in [6.45, 7) is 4.10. The first-order valence-corrected chi connectivity index (χ1v) is 5.57. The summed E-state index contributed by atoms with van der Waals surface area (Å²) >= 11 is 0. The lowest BCUT2D eigenvalue weighted by atomic mass is 10.4. The minimum atomic E-state index is -0.911. The Hall–Kier alpha value is -1.54. The molecule has 2 unspecified atom stereocenters. The minimum Gasteiger partial charge on any atom is -0.394 e. The van der Waals surface area contributed by atoms with E-state index in [-0.39, 0.29) is 19.3 Å². The molecule has 1 aliphatic rings. The van der Waals surface area contributed by atoms with E-state index in [9.17, 15) is 0 Å². The second kappa shape index (κ2) is 9.40. The highest BCUT2D eigenvalue weighted by atomic mass is 16.7. The summed E-state index contributed by atoms with van der Waals surface area (Å²) in [6.07, 6.45) is -0.994. The molecule has 2 atom stereocenters. The first-order valence-electron chi connectivity index (χ1n) is 5.57. The van der Waals surface area contributed by atoms with Gasteiger partial charge in [-0.15, -0.1) is 0 Å². The molecular weight excluding hydrogens is 256 g/mol. The van der Waals surface area contributed by atoms with Crippen molar-refractivity contribution in [1.29, 1.82) is 0 Å². The van der Waals surface area contributed by atoms with Gasteiger partial charge in [0.05, 0.1) is 38.5 Å². The van der Waals surface area contributed by atoms with Gasteiger partial charge < -0.3 is 19.7 Å². The van der Waals surface area contributed by atoms with Crippen LogP contribution in [-0.2, 0) is 9.47 Å². The zero-order valence-corrected chi connectivity index (χ0v) is 10.9. The summed E-state index contributed by atoms with van der Waals surface area (Å²) in [5.41, 5.74) is 15.7. The fourth-order valence-corrected chi connectivity index (χ4v) is 1.17. The standard InChI is InChI=1S/C6H11N3O2.C3H7N3O2/c1-6(2)10-4-5(11-6)3-8-9-7;4-6-5-1-3(8)2-7/h5H,3-4H2,1-2H3;3,7-8H,1-2H2. The van der Waals surface area contributed by atoms with E-state index in [0.29, 0.717) is 13.2 Å². The van der Waals surface area contributed by atoms with E-state index in [2.05, 4.69) is 20.1 Å². The van der Waals surface area contributed by atoms with Crippen LogP contribution in [0.3, 0.4) is 0 Å². The van der Waals surface area contributed by atoms with Crippen LogP contribution in [0.25, 0.3) is 20.9 Å². The van der Waals surface area contributed by atoms with E-state index in [1.807, 2.05) is 13.8 Å². The van der Waals surface area contributed by atoms with Crippen molar-refractivity contribution in [2.75, 3.05) is 26.3 Å². The Morgan fingerprint density at radius 1 is 1.37 bits per heavy atom. The lowest BCUT2D eigenvalue weighted by molar-refractivity contribution is -0.137. The summed E-state index contributed by atoms with van der Waals surface area (Å²) in [5, 5.41) is 23.0. The molecule has 19 heavy (non-hydrogen) atoms. The number of hydrogen-bond donors (Lipinski definition) is 2. The predicted octanol–water partition coefficient (Wildman–Crippen LogP) is 1.10. The summed E-state index contributed by atoms with van der Waals surface area (Å²) in [7, 11) is 0. The Bertz CT molecular complexity index is 351. The molecule has 0 amide bonds. The average molecular weight is 274 g/mol. The normalized spacial score (nSPS) is 21.4. The molecule has 1 heterocycles. The van der Waals surface area contributed by atoms with E-state index in [4.69, 9.17) is 30.7 Å². The number of azide groups is 2. The van der Waals surface area contributed by atoms with Gasteiger partial charge in [0.15, 0.2) is 5.79 Å². The second-order valence-corrected chi connectivity index (χ2v) is 4.11. The van der Waals surface area contributed by atoms with Gasteiger partial charge in [0.25, 0.3) is 0 Å². The van der Waals surface area contributed by atoms with Crippen LogP contribution < -0.4 is 0 Å². The molecule has 0 bridgehead atoms. The number of aliphatic hydroxyl groups excluding tert-OH is 2. The van der Waals surface area contributed by atoms with Gasteiger partial charge in [0.1, 0.15) is 0 Å². The summed E-state index contributed by atoms with van der Waals surface area (Å²) in [5.74, 6) is -0.518. The van der Waals surface area contributed by atoms with Crippen molar-refractivity contribution in [3.63, 3.8) is 0 Å². The molecule has 0 aromatic rings. The van der Waals surface area contributed by atoms with Gasteiger partial charge >= 0.3 is 0 Å². The molecule has 0 saturated carbocycles. The van der Waals surface area contributed by atoms with Crippen LogP contribution in [0, 0.1) is 0 Å². The SMILES string of the molecule is CC1(C)OCC(CN=[N+]=[N-])O1.[N-]=[N+]=NCC(O)CO. The molecule has 1 saturated heterocycles. The van der Waals surface area contributed by atoms with Gasteiger partial charge in [-0.05, 0) is 24.9 Å². The number of ether oxygens (including phenoxy) is 2. The van der Waals surface area contributed by atoms with Crippen molar-refractivity contribution in [1.82, 2.24) is 0 Å². The van der Waals surface area contributed by atoms with Gasteiger partial charge in [-0.1, -0.05) is 10.2 Å². The highest BCUT2D eigenvalue weighted by Gasteiger charge is 2.31. The molecule has 0 spiro atoms. The minimum absolute atomic E-state index is 0.0625. The van der Waals surface area contributed by atoms with Crippen molar-refractivity contribution in [3.05, 3.63) is 20.9 Å². The zero-order valence-electron chi connectivity index (χ0n) is 10.9. The summed E-state index contributed by atoms with van der Waals surface area (Å²) in [4.78, 5) is 5.01. The quantitative estimate of drug-likeness (QED) is 0.437. The van der Waals surface area contributed by atoms with Crippen LogP contribution in [0.5, 0.6) is 0 Å². The highest BCUT2D eigenvalue weighted by Crippen LogP contribution is 2.22. The Kier molecular flexibility index (Phi) is 8.64. The summed E-state index contributed by atoms with van der Waals surface area (Å²) < 4.78 is 10.6. The molecule has 10 nitrogen and oxygen atoms in total. The molecule has 0 aliphatic carbocycles. The van der Waals surface area contributed by atoms with Crippen molar-refractivity contribution >= 4 is 0 Å². The number of rotatable bonds is 5. The van der Waals surface area contributed by atoms with Crippen LogP contribution in [0.4, 0.5) is 0 Å². The van der Waals surface area contributed by atoms with Gasteiger partial charge in [-0.3, -0.25) is 0 Å². The van der Waals surface area contributed by atoms with Gasteiger partial charge in [-0.2, -0.15) is 0 Å².